The molecule has 0 aliphatic heterocycles. The number of imidazole rings is 1. The first-order valence-electron chi connectivity index (χ1n) is 10.4. The summed E-state index contributed by atoms with van der Waals surface area (Å²) in [6, 6.07) is 4.24. The molecule has 0 saturated heterocycles. The van der Waals surface area contributed by atoms with Crippen LogP contribution in [0.4, 0.5) is 26.3 Å². The first-order valence-corrected chi connectivity index (χ1v) is 12.4. The normalized spacial score (nSPS) is 13.2. The maximum atomic E-state index is 13.3. The highest BCUT2D eigenvalue weighted by atomic mass is 35.5. The van der Waals surface area contributed by atoms with Crippen molar-refractivity contribution in [2.45, 2.75) is 31.1 Å². The number of benzene rings is 1. The van der Waals surface area contributed by atoms with E-state index in [0.717, 1.165) is 24.4 Å². The van der Waals surface area contributed by atoms with Crippen molar-refractivity contribution in [1.82, 2.24) is 14.5 Å². The summed E-state index contributed by atoms with van der Waals surface area (Å²) in [5.41, 5.74) is -2.42. The van der Waals surface area contributed by atoms with E-state index in [1.807, 2.05) is 0 Å². The van der Waals surface area contributed by atoms with Crippen molar-refractivity contribution in [2.24, 2.45) is 12.0 Å². The Balaban J connectivity index is 2.26. The first-order chi connectivity index (χ1) is 17.0. The molecule has 1 aromatic carbocycles. The molecule has 0 radical (unpaired) electrons. The minimum absolute atomic E-state index is 0.00912. The number of allylic oxidation sites excluding steroid dienone is 1. The molecule has 0 aliphatic carbocycles. The van der Waals surface area contributed by atoms with E-state index in [1.165, 1.54) is 31.5 Å². The molecular weight excluding hydrogens is 546 g/mol. The average Bonchev–Trinajstić information content (AvgIpc) is 3.09. The lowest BCUT2D eigenvalue weighted by Crippen LogP contribution is -2.10. The number of rotatable bonds is 6. The summed E-state index contributed by atoms with van der Waals surface area (Å²) in [5.74, 6) is -0.450. The quantitative estimate of drug-likeness (QED) is 0.252. The third-order valence-electron chi connectivity index (χ3n) is 5.54. The van der Waals surface area contributed by atoms with Gasteiger partial charge in [0, 0.05) is 24.5 Å². The number of hydrogen-bond acceptors (Lipinski definition) is 5. The lowest BCUT2D eigenvalue weighted by Gasteiger charge is -2.13. The van der Waals surface area contributed by atoms with Gasteiger partial charge in [0.15, 0.2) is 15.7 Å². The Morgan fingerprint density at radius 2 is 1.81 bits per heavy atom. The van der Waals surface area contributed by atoms with Crippen LogP contribution >= 0.6 is 11.6 Å². The highest BCUT2D eigenvalue weighted by molar-refractivity contribution is 7.91. The van der Waals surface area contributed by atoms with E-state index in [9.17, 15) is 34.8 Å². The molecule has 0 spiro atoms. The Hall–Kier alpha value is -3.19. The van der Waals surface area contributed by atoms with E-state index in [2.05, 4.69) is 21.7 Å². The zero-order valence-electron chi connectivity index (χ0n) is 19.5. The second-order valence-electron chi connectivity index (χ2n) is 7.82. The minimum atomic E-state index is -4.80. The topological polar surface area (TPSA) is 77.2 Å². The summed E-state index contributed by atoms with van der Waals surface area (Å²) in [6.45, 7) is 5.75. The molecule has 0 bridgehead atoms. The number of pyridine rings is 1. The zero-order valence-corrected chi connectivity index (χ0v) is 21.1. The molecule has 3 aromatic rings. The molecular formula is C23H19ClF6N4O2S. The van der Waals surface area contributed by atoms with Crippen LogP contribution in [0.1, 0.15) is 23.9 Å². The predicted octanol–water partition coefficient (Wildman–Crippen LogP) is 6.53. The molecule has 0 amide bonds. The molecule has 37 heavy (non-hydrogen) atoms. The molecule has 198 valence electrons. The van der Waals surface area contributed by atoms with E-state index < -0.39 is 38.5 Å². The van der Waals surface area contributed by atoms with Crippen LogP contribution in [0.5, 0.6) is 0 Å². The maximum Gasteiger partial charge on any atom is 0.433 e. The Bertz CT molecular complexity index is 1510. The van der Waals surface area contributed by atoms with Crippen LogP contribution in [0.2, 0.25) is 5.02 Å². The molecule has 0 fully saturated rings. The van der Waals surface area contributed by atoms with Gasteiger partial charge in [-0.1, -0.05) is 24.6 Å². The maximum absolute atomic E-state index is 13.3. The van der Waals surface area contributed by atoms with Gasteiger partial charge in [0.05, 0.1) is 26.9 Å². The lowest BCUT2D eigenvalue weighted by atomic mass is 10.0. The fraction of sp³-hybridized carbons (Fsp3) is 0.261. The van der Waals surface area contributed by atoms with Gasteiger partial charge in [-0.05, 0) is 43.5 Å². The molecule has 0 saturated carbocycles. The van der Waals surface area contributed by atoms with Gasteiger partial charge in [0.1, 0.15) is 11.4 Å². The van der Waals surface area contributed by atoms with E-state index in [0.29, 0.717) is 6.08 Å². The Kier molecular flexibility index (Phi) is 7.62. The van der Waals surface area contributed by atoms with Gasteiger partial charge >= 0.3 is 12.4 Å². The van der Waals surface area contributed by atoms with Crippen LogP contribution in [0.15, 0.2) is 46.0 Å². The van der Waals surface area contributed by atoms with E-state index in [4.69, 9.17) is 11.6 Å². The molecule has 6 nitrogen and oxygen atoms in total. The van der Waals surface area contributed by atoms with Gasteiger partial charge in [-0.15, -0.1) is 0 Å². The van der Waals surface area contributed by atoms with Gasteiger partial charge in [-0.2, -0.15) is 26.3 Å². The molecule has 3 rings (SSSR count). The number of sulfone groups is 1. The van der Waals surface area contributed by atoms with Crippen LogP contribution in [-0.4, -0.2) is 41.6 Å². The summed E-state index contributed by atoms with van der Waals surface area (Å²) in [5, 5.41) is -0.529. The van der Waals surface area contributed by atoms with Crippen molar-refractivity contribution in [3.8, 4) is 22.6 Å². The molecule has 0 aliphatic rings. The second-order valence-corrected chi connectivity index (χ2v) is 10.5. The first kappa shape index (κ1) is 28.4. The third kappa shape index (κ3) is 5.72. The number of hydrogen-bond donors (Lipinski definition) is 0. The molecule has 2 aromatic heterocycles. The van der Waals surface area contributed by atoms with Gasteiger partial charge in [0.2, 0.25) is 0 Å². The van der Waals surface area contributed by atoms with Crippen molar-refractivity contribution >= 4 is 34.2 Å². The second kappa shape index (κ2) is 9.93. The Morgan fingerprint density at radius 3 is 2.35 bits per heavy atom. The highest BCUT2D eigenvalue weighted by Gasteiger charge is 2.35. The summed E-state index contributed by atoms with van der Waals surface area (Å²) < 4.78 is 107. The standard InChI is InChI=1S/C23H19ClF6N4O2S/c1-5-37(35,36)18-9-14(13-6-7-16(24)15(8-13)22(25,26)27)11-32-20(18)21-33-17(12(2)34(21)4)10-19(31-3)23(28,29)30/h6-11H,3,5H2,1-2,4H3/b19-10-. The smallest absolute Gasteiger partial charge is 0.329 e. The van der Waals surface area contributed by atoms with E-state index in [1.54, 1.807) is 0 Å². The fourth-order valence-electron chi connectivity index (χ4n) is 3.38. The largest absolute Gasteiger partial charge is 0.433 e. The van der Waals surface area contributed by atoms with Crippen LogP contribution in [0.3, 0.4) is 0 Å². The zero-order chi connectivity index (χ0) is 27.9. The van der Waals surface area contributed by atoms with Gasteiger partial charge in [-0.25, -0.2) is 13.4 Å². The molecule has 14 heteroatoms. The monoisotopic (exact) mass is 564 g/mol. The van der Waals surface area contributed by atoms with Gasteiger partial charge in [-0.3, -0.25) is 9.98 Å². The van der Waals surface area contributed by atoms with E-state index >= 15 is 0 Å². The lowest BCUT2D eigenvalue weighted by molar-refractivity contribution is -0.137. The van der Waals surface area contributed by atoms with Crippen molar-refractivity contribution in [2.75, 3.05) is 5.75 Å². The fourth-order valence-corrected chi connectivity index (χ4v) is 4.66. The average molecular weight is 565 g/mol. The molecule has 0 N–H and O–H groups in total. The summed E-state index contributed by atoms with van der Waals surface area (Å²) in [6.07, 6.45) is -7.72. The third-order valence-corrected chi connectivity index (χ3v) is 7.61. The SMILES string of the molecule is C=N/C(=C\c1nc(-c2ncc(-c3ccc(Cl)c(C(F)(F)F)c3)cc2S(=O)(=O)CC)n(C)c1C)C(F)(F)F. The summed E-state index contributed by atoms with van der Waals surface area (Å²) >= 11 is 5.68. The van der Waals surface area contributed by atoms with Crippen molar-refractivity contribution < 1.29 is 34.8 Å². The van der Waals surface area contributed by atoms with Crippen LogP contribution in [0, 0.1) is 6.92 Å². The van der Waals surface area contributed by atoms with Crippen molar-refractivity contribution in [1.29, 1.82) is 0 Å². The highest BCUT2D eigenvalue weighted by Crippen LogP contribution is 2.38. The van der Waals surface area contributed by atoms with Gasteiger partial charge in [0.25, 0.3) is 0 Å². The molecule has 2 heterocycles. The van der Waals surface area contributed by atoms with Crippen molar-refractivity contribution in [3.05, 3.63) is 58.1 Å². The summed E-state index contributed by atoms with van der Waals surface area (Å²) in [4.78, 5) is 11.0. The predicted molar refractivity (Wildman–Crippen MR) is 128 cm³/mol. The number of nitrogens with zero attached hydrogens (tertiary/aromatic N) is 4. The number of halogens is 7. The molecule has 0 atom stereocenters. The van der Waals surface area contributed by atoms with Crippen LogP contribution < -0.4 is 0 Å². The Labute approximate surface area is 213 Å². The van der Waals surface area contributed by atoms with Crippen molar-refractivity contribution in [3.63, 3.8) is 0 Å². The Morgan fingerprint density at radius 1 is 1.16 bits per heavy atom. The number of alkyl halides is 6. The van der Waals surface area contributed by atoms with E-state index in [-0.39, 0.29) is 44.7 Å². The molecule has 0 unspecified atom stereocenters. The van der Waals surface area contributed by atoms with Gasteiger partial charge < -0.3 is 4.57 Å². The minimum Gasteiger partial charge on any atom is -0.329 e. The van der Waals surface area contributed by atoms with Crippen LogP contribution in [0.25, 0.3) is 28.7 Å². The summed E-state index contributed by atoms with van der Waals surface area (Å²) in [7, 11) is -2.56. The van der Waals surface area contributed by atoms with Crippen LogP contribution in [-0.2, 0) is 23.1 Å². The number of aliphatic imine (C=N–C) groups is 1. The number of aromatic nitrogens is 3.